The lowest BCUT2D eigenvalue weighted by atomic mass is 10.1. The molecule has 2 rings (SSSR count). The van der Waals surface area contributed by atoms with Crippen LogP contribution in [-0.2, 0) is 0 Å². The van der Waals surface area contributed by atoms with Crippen molar-refractivity contribution in [1.82, 2.24) is 9.97 Å². The molecule has 0 radical (unpaired) electrons. The van der Waals surface area contributed by atoms with Crippen LogP contribution in [0.15, 0.2) is 41.3 Å². The average Bonchev–Trinajstić information content (AvgIpc) is 2.28. The molecule has 3 nitrogen and oxygen atoms in total. The first kappa shape index (κ1) is 11.2. The Morgan fingerprint density at radius 2 is 2.06 bits per heavy atom. The van der Waals surface area contributed by atoms with Gasteiger partial charge in [-0.15, -0.1) is 0 Å². The fourth-order valence-electron chi connectivity index (χ4n) is 1.40. The lowest BCUT2D eigenvalue weighted by Gasteiger charge is -2.11. The monoisotopic (exact) mass is 281 g/mol. The van der Waals surface area contributed by atoms with E-state index in [1.165, 1.54) is 12.1 Å². The summed E-state index contributed by atoms with van der Waals surface area (Å²) in [7, 11) is 0. The zero-order chi connectivity index (χ0) is 11.5. The average molecular weight is 282 g/mol. The van der Waals surface area contributed by atoms with Crippen LogP contribution in [0.25, 0.3) is 0 Å². The molecule has 0 saturated carbocycles. The molecule has 0 spiro atoms. The number of nitrogens with zero attached hydrogens (tertiary/aromatic N) is 2. The van der Waals surface area contributed by atoms with Crippen LogP contribution < -0.4 is 5.73 Å². The number of rotatable bonds is 2. The minimum absolute atomic E-state index is 0.330. The summed E-state index contributed by atoms with van der Waals surface area (Å²) in [5.74, 6) is -0.330. The SMILES string of the molecule is NC(c1cc(F)cc(Br)c1)c1cnccn1. The number of halogens is 2. The van der Waals surface area contributed by atoms with Crippen LogP contribution in [0.4, 0.5) is 4.39 Å². The third-order valence-corrected chi connectivity index (χ3v) is 2.60. The predicted octanol–water partition coefficient (Wildman–Crippen LogP) is 2.43. The molecule has 1 aromatic carbocycles. The van der Waals surface area contributed by atoms with E-state index in [2.05, 4.69) is 25.9 Å². The summed E-state index contributed by atoms with van der Waals surface area (Å²) in [6.45, 7) is 0. The number of hydrogen-bond acceptors (Lipinski definition) is 3. The Kier molecular flexibility index (Phi) is 3.26. The van der Waals surface area contributed by atoms with E-state index in [1.807, 2.05) is 0 Å². The molecule has 0 aliphatic rings. The van der Waals surface area contributed by atoms with Gasteiger partial charge >= 0.3 is 0 Å². The van der Waals surface area contributed by atoms with Gasteiger partial charge in [0.15, 0.2) is 0 Å². The summed E-state index contributed by atoms with van der Waals surface area (Å²) in [4.78, 5) is 8.02. The van der Waals surface area contributed by atoms with E-state index in [0.717, 1.165) is 0 Å². The third-order valence-electron chi connectivity index (χ3n) is 2.15. The van der Waals surface area contributed by atoms with Gasteiger partial charge in [0.2, 0.25) is 0 Å². The van der Waals surface area contributed by atoms with Crippen molar-refractivity contribution in [2.75, 3.05) is 0 Å². The molecule has 0 saturated heterocycles. The maximum Gasteiger partial charge on any atom is 0.124 e. The molecular formula is C11H9BrFN3. The van der Waals surface area contributed by atoms with Gasteiger partial charge in [-0.25, -0.2) is 4.39 Å². The van der Waals surface area contributed by atoms with Gasteiger partial charge in [-0.3, -0.25) is 9.97 Å². The number of nitrogens with two attached hydrogens (primary N) is 1. The van der Waals surface area contributed by atoms with Crippen molar-refractivity contribution in [2.24, 2.45) is 5.73 Å². The van der Waals surface area contributed by atoms with Crippen molar-refractivity contribution < 1.29 is 4.39 Å². The van der Waals surface area contributed by atoms with Gasteiger partial charge in [-0.05, 0) is 23.8 Å². The standard InChI is InChI=1S/C11H9BrFN3/c12-8-3-7(4-9(13)5-8)11(14)10-6-15-1-2-16-10/h1-6,11H,14H2. The second kappa shape index (κ2) is 4.67. The Morgan fingerprint density at radius 3 is 2.69 bits per heavy atom. The molecule has 0 amide bonds. The molecule has 1 aromatic heterocycles. The van der Waals surface area contributed by atoms with Crippen molar-refractivity contribution in [1.29, 1.82) is 0 Å². The molecule has 2 aromatic rings. The van der Waals surface area contributed by atoms with Crippen molar-refractivity contribution in [2.45, 2.75) is 6.04 Å². The van der Waals surface area contributed by atoms with Crippen molar-refractivity contribution in [3.05, 3.63) is 58.3 Å². The topological polar surface area (TPSA) is 51.8 Å². The van der Waals surface area contributed by atoms with E-state index in [9.17, 15) is 4.39 Å². The number of hydrogen-bond donors (Lipinski definition) is 1. The van der Waals surface area contributed by atoms with E-state index in [4.69, 9.17) is 5.73 Å². The molecule has 5 heteroatoms. The van der Waals surface area contributed by atoms with Crippen molar-refractivity contribution in [3.63, 3.8) is 0 Å². The van der Waals surface area contributed by atoms with Gasteiger partial charge < -0.3 is 5.73 Å². The van der Waals surface area contributed by atoms with E-state index in [0.29, 0.717) is 15.7 Å². The fraction of sp³-hybridized carbons (Fsp3) is 0.0909. The Bertz CT molecular complexity index is 470. The smallest absolute Gasteiger partial charge is 0.124 e. The highest BCUT2D eigenvalue weighted by Crippen LogP contribution is 2.22. The minimum Gasteiger partial charge on any atom is -0.319 e. The largest absolute Gasteiger partial charge is 0.319 e. The van der Waals surface area contributed by atoms with Crippen LogP contribution in [0.5, 0.6) is 0 Å². The maximum atomic E-state index is 13.2. The minimum atomic E-state index is -0.472. The summed E-state index contributed by atoms with van der Waals surface area (Å²) < 4.78 is 13.8. The number of benzene rings is 1. The molecule has 0 aliphatic heterocycles. The number of aromatic nitrogens is 2. The highest BCUT2D eigenvalue weighted by Gasteiger charge is 2.11. The van der Waals surface area contributed by atoms with Gasteiger partial charge in [-0.1, -0.05) is 15.9 Å². The Hall–Kier alpha value is -1.33. The highest BCUT2D eigenvalue weighted by molar-refractivity contribution is 9.10. The summed E-state index contributed by atoms with van der Waals surface area (Å²) >= 11 is 3.22. The molecule has 82 valence electrons. The molecular weight excluding hydrogens is 273 g/mol. The normalized spacial score (nSPS) is 12.4. The second-order valence-corrected chi connectivity index (χ2v) is 4.23. The molecule has 0 fully saturated rings. The summed E-state index contributed by atoms with van der Waals surface area (Å²) in [5, 5.41) is 0. The molecule has 1 heterocycles. The molecule has 1 unspecified atom stereocenters. The van der Waals surface area contributed by atoms with Gasteiger partial charge in [-0.2, -0.15) is 0 Å². The maximum absolute atomic E-state index is 13.2. The molecule has 16 heavy (non-hydrogen) atoms. The third kappa shape index (κ3) is 2.43. The lowest BCUT2D eigenvalue weighted by molar-refractivity contribution is 0.622. The first-order valence-corrected chi connectivity index (χ1v) is 5.43. The van der Waals surface area contributed by atoms with Crippen molar-refractivity contribution >= 4 is 15.9 Å². The van der Waals surface area contributed by atoms with Crippen LogP contribution >= 0.6 is 15.9 Å². The van der Waals surface area contributed by atoms with Crippen LogP contribution in [-0.4, -0.2) is 9.97 Å². The van der Waals surface area contributed by atoms with Crippen LogP contribution in [0.3, 0.4) is 0 Å². The fourth-order valence-corrected chi connectivity index (χ4v) is 1.88. The van der Waals surface area contributed by atoms with E-state index in [-0.39, 0.29) is 5.82 Å². The Morgan fingerprint density at radius 1 is 1.25 bits per heavy atom. The summed E-state index contributed by atoms with van der Waals surface area (Å²) in [5.41, 5.74) is 7.23. The van der Waals surface area contributed by atoms with Gasteiger partial charge in [0.1, 0.15) is 5.82 Å². The van der Waals surface area contributed by atoms with Crippen LogP contribution in [0.2, 0.25) is 0 Å². The van der Waals surface area contributed by atoms with E-state index in [1.54, 1.807) is 24.7 Å². The lowest BCUT2D eigenvalue weighted by Crippen LogP contribution is -2.13. The van der Waals surface area contributed by atoms with Crippen LogP contribution in [0, 0.1) is 5.82 Å². The predicted molar refractivity (Wildman–Crippen MR) is 62.2 cm³/mol. The van der Waals surface area contributed by atoms with Crippen LogP contribution in [0.1, 0.15) is 17.3 Å². The quantitative estimate of drug-likeness (QED) is 0.920. The van der Waals surface area contributed by atoms with Gasteiger partial charge in [0.25, 0.3) is 0 Å². The zero-order valence-corrected chi connectivity index (χ0v) is 9.86. The Balaban J connectivity index is 2.37. The second-order valence-electron chi connectivity index (χ2n) is 3.31. The molecule has 0 aliphatic carbocycles. The first-order valence-electron chi connectivity index (χ1n) is 4.64. The van der Waals surface area contributed by atoms with Crippen molar-refractivity contribution in [3.8, 4) is 0 Å². The molecule has 0 bridgehead atoms. The highest BCUT2D eigenvalue weighted by atomic mass is 79.9. The first-order chi connectivity index (χ1) is 7.66. The molecule has 2 N–H and O–H groups in total. The summed E-state index contributed by atoms with van der Waals surface area (Å²) in [6, 6.07) is 4.07. The Labute approximate surface area is 101 Å². The van der Waals surface area contributed by atoms with E-state index >= 15 is 0 Å². The van der Waals surface area contributed by atoms with Gasteiger partial charge in [0, 0.05) is 16.9 Å². The molecule has 1 atom stereocenters. The zero-order valence-electron chi connectivity index (χ0n) is 8.27. The van der Waals surface area contributed by atoms with Gasteiger partial charge in [0.05, 0.1) is 17.9 Å². The summed E-state index contributed by atoms with van der Waals surface area (Å²) in [6.07, 6.45) is 4.70. The van der Waals surface area contributed by atoms with E-state index < -0.39 is 6.04 Å².